The summed E-state index contributed by atoms with van der Waals surface area (Å²) in [6.07, 6.45) is 2.90. The van der Waals surface area contributed by atoms with Gasteiger partial charge in [0.05, 0.1) is 22.0 Å². The Labute approximate surface area is 106 Å². The zero-order valence-corrected chi connectivity index (χ0v) is 11.0. The predicted octanol–water partition coefficient (Wildman–Crippen LogP) is 1.46. The fourth-order valence-corrected chi connectivity index (χ4v) is 2.94. The van der Waals surface area contributed by atoms with Crippen LogP contribution >= 0.6 is 0 Å². The first-order valence-corrected chi connectivity index (χ1v) is 7.07. The van der Waals surface area contributed by atoms with Gasteiger partial charge in [-0.3, -0.25) is 4.98 Å². The lowest BCUT2D eigenvalue weighted by atomic mass is 10.2. The molecule has 0 N–H and O–H groups in total. The number of pyridine rings is 1. The molecule has 0 aliphatic carbocycles. The Balaban J connectivity index is 2.37. The second kappa shape index (κ2) is 4.81. The zero-order chi connectivity index (χ0) is 13.2. The summed E-state index contributed by atoms with van der Waals surface area (Å²) in [6.45, 7) is 3.53. The molecule has 0 saturated carbocycles. The number of sulfone groups is 1. The van der Waals surface area contributed by atoms with E-state index in [0.717, 1.165) is 0 Å². The molecule has 0 radical (unpaired) electrons. The number of hydrogen-bond donors (Lipinski definition) is 0. The van der Waals surface area contributed by atoms with E-state index in [0.29, 0.717) is 17.0 Å². The average Bonchev–Trinajstić information content (AvgIpc) is 2.35. The molecule has 0 unspecified atom stereocenters. The Hall–Kier alpha value is -1.82. The van der Waals surface area contributed by atoms with Crippen molar-refractivity contribution in [1.82, 2.24) is 15.2 Å². The molecule has 0 aliphatic heterocycles. The summed E-state index contributed by atoms with van der Waals surface area (Å²) < 4.78 is 24.4. The Kier molecular flexibility index (Phi) is 3.38. The summed E-state index contributed by atoms with van der Waals surface area (Å²) >= 11 is 0. The fourth-order valence-electron chi connectivity index (χ4n) is 1.57. The van der Waals surface area contributed by atoms with E-state index >= 15 is 0 Å². The molecule has 0 aliphatic rings. The summed E-state index contributed by atoms with van der Waals surface area (Å²) in [5, 5.41) is 7.81. The second-order valence-electron chi connectivity index (χ2n) is 4.04. The van der Waals surface area contributed by atoms with E-state index in [1.54, 1.807) is 38.2 Å². The Bertz CT molecular complexity index is 654. The van der Waals surface area contributed by atoms with E-state index in [1.165, 1.54) is 6.20 Å². The van der Waals surface area contributed by atoms with Gasteiger partial charge in [-0.05, 0) is 37.6 Å². The third-order valence-corrected chi connectivity index (χ3v) is 4.20. The van der Waals surface area contributed by atoms with E-state index < -0.39 is 9.84 Å². The lowest BCUT2D eigenvalue weighted by molar-refractivity contribution is 0.594. The number of nitrogens with zero attached hydrogens (tertiary/aromatic N) is 3. The minimum atomic E-state index is -3.38. The van der Waals surface area contributed by atoms with Crippen LogP contribution in [0.1, 0.15) is 17.0 Å². The van der Waals surface area contributed by atoms with Crippen molar-refractivity contribution >= 4 is 9.84 Å². The predicted molar refractivity (Wildman–Crippen MR) is 66.6 cm³/mol. The molecule has 0 bridgehead atoms. The molecule has 6 heteroatoms. The highest BCUT2D eigenvalue weighted by Crippen LogP contribution is 2.16. The summed E-state index contributed by atoms with van der Waals surface area (Å²) in [5.74, 6) is -0.0825. The zero-order valence-electron chi connectivity index (χ0n) is 10.2. The lowest BCUT2D eigenvalue weighted by Crippen LogP contribution is -2.08. The topological polar surface area (TPSA) is 72.8 Å². The Morgan fingerprint density at radius 2 is 2.00 bits per heavy atom. The van der Waals surface area contributed by atoms with Gasteiger partial charge in [0.25, 0.3) is 0 Å². The third-order valence-electron chi connectivity index (χ3n) is 2.54. The van der Waals surface area contributed by atoms with Gasteiger partial charge in [0.15, 0.2) is 9.84 Å². The maximum Gasteiger partial charge on any atom is 0.184 e. The van der Waals surface area contributed by atoms with Gasteiger partial charge in [-0.25, -0.2) is 8.42 Å². The maximum atomic E-state index is 12.2. The standard InChI is InChI=1S/C12H13N3O2S/c1-9-6-11(10(2)15-14-9)8-18(16,17)12-4-3-5-13-7-12/h3-7H,8H2,1-2H3. The largest absolute Gasteiger partial charge is 0.263 e. The second-order valence-corrected chi connectivity index (χ2v) is 6.03. The van der Waals surface area contributed by atoms with Crippen LogP contribution in [0.2, 0.25) is 0 Å². The molecule has 0 atom stereocenters. The minimum Gasteiger partial charge on any atom is -0.263 e. The van der Waals surface area contributed by atoms with Crippen LogP contribution in [0, 0.1) is 13.8 Å². The van der Waals surface area contributed by atoms with Crippen LogP contribution in [0.5, 0.6) is 0 Å². The van der Waals surface area contributed by atoms with Crippen molar-refractivity contribution in [3.8, 4) is 0 Å². The normalized spacial score (nSPS) is 11.4. The van der Waals surface area contributed by atoms with Crippen LogP contribution in [0.15, 0.2) is 35.5 Å². The van der Waals surface area contributed by atoms with Crippen LogP contribution in [0.4, 0.5) is 0 Å². The first-order chi connectivity index (χ1) is 8.49. The van der Waals surface area contributed by atoms with Crippen molar-refractivity contribution in [2.45, 2.75) is 24.5 Å². The van der Waals surface area contributed by atoms with E-state index in [4.69, 9.17) is 0 Å². The molecule has 0 amide bonds. The monoisotopic (exact) mass is 263 g/mol. The number of aromatic nitrogens is 3. The average molecular weight is 263 g/mol. The highest BCUT2D eigenvalue weighted by molar-refractivity contribution is 7.90. The minimum absolute atomic E-state index is 0.0825. The summed E-state index contributed by atoms with van der Waals surface area (Å²) in [5.41, 5.74) is 2.01. The highest BCUT2D eigenvalue weighted by Gasteiger charge is 2.17. The van der Waals surface area contributed by atoms with Crippen LogP contribution in [-0.2, 0) is 15.6 Å². The van der Waals surface area contributed by atoms with Crippen LogP contribution < -0.4 is 0 Å². The molecule has 2 aromatic rings. The van der Waals surface area contributed by atoms with Crippen molar-refractivity contribution in [2.75, 3.05) is 0 Å². The van der Waals surface area contributed by atoms with Crippen LogP contribution in [0.3, 0.4) is 0 Å². The van der Waals surface area contributed by atoms with E-state index in [-0.39, 0.29) is 10.6 Å². The van der Waals surface area contributed by atoms with E-state index in [2.05, 4.69) is 15.2 Å². The van der Waals surface area contributed by atoms with E-state index in [9.17, 15) is 8.42 Å². The van der Waals surface area contributed by atoms with Gasteiger partial charge in [0, 0.05) is 12.4 Å². The fraction of sp³-hybridized carbons (Fsp3) is 0.250. The Morgan fingerprint density at radius 3 is 2.67 bits per heavy atom. The van der Waals surface area contributed by atoms with Crippen molar-refractivity contribution in [3.05, 3.63) is 47.5 Å². The molecule has 0 saturated heterocycles. The van der Waals surface area contributed by atoms with Gasteiger partial charge in [-0.1, -0.05) is 0 Å². The lowest BCUT2D eigenvalue weighted by Gasteiger charge is -2.06. The van der Waals surface area contributed by atoms with Gasteiger partial charge < -0.3 is 0 Å². The smallest absolute Gasteiger partial charge is 0.184 e. The molecular formula is C12H13N3O2S. The molecule has 2 aromatic heterocycles. The molecule has 0 spiro atoms. The first kappa shape index (κ1) is 12.6. The summed E-state index contributed by atoms with van der Waals surface area (Å²) in [6, 6.07) is 4.89. The number of rotatable bonds is 3. The highest BCUT2D eigenvalue weighted by atomic mass is 32.2. The van der Waals surface area contributed by atoms with Crippen molar-refractivity contribution in [2.24, 2.45) is 0 Å². The first-order valence-electron chi connectivity index (χ1n) is 5.41. The van der Waals surface area contributed by atoms with Gasteiger partial charge in [-0.15, -0.1) is 0 Å². The molecule has 2 rings (SSSR count). The Morgan fingerprint density at radius 1 is 1.22 bits per heavy atom. The molecule has 2 heterocycles. The molecule has 94 valence electrons. The number of aryl methyl sites for hydroxylation is 2. The number of hydrogen-bond acceptors (Lipinski definition) is 5. The van der Waals surface area contributed by atoms with Gasteiger partial charge in [-0.2, -0.15) is 10.2 Å². The van der Waals surface area contributed by atoms with Crippen LogP contribution in [-0.4, -0.2) is 23.6 Å². The summed E-state index contributed by atoms with van der Waals surface area (Å²) in [7, 11) is -3.38. The molecule has 5 nitrogen and oxygen atoms in total. The van der Waals surface area contributed by atoms with E-state index in [1.807, 2.05) is 0 Å². The van der Waals surface area contributed by atoms with Gasteiger partial charge in [0.1, 0.15) is 0 Å². The van der Waals surface area contributed by atoms with Crippen molar-refractivity contribution < 1.29 is 8.42 Å². The van der Waals surface area contributed by atoms with Crippen LogP contribution in [0.25, 0.3) is 0 Å². The van der Waals surface area contributed by atoms with Gasteiger partial charge >= 0.3 is 0 Å². The van der Waals surface area contributed by atoms with Crippen molar-refractivity contribution in [1.29, 1.82) is 0 Å². The maximum absolute atomic E-state index is 12.2. The molecule has 0 fully saturated rings. The molecule has 18 heavy (non-hydrogen) atoms. The molecular weight excluding hydrogens is 250 g/mol. The quantitative estimate of drug-likeness (QED) is 0.838. The summed E-state index contributed by atoms with van der Waals surface area (Å²) in [4.78, 5) is 4.05. The van der Waals surface area contributed by atoms with Gasteiger partial charge in [0.2, 0.25) is 0 Å². The third kappa shape index (κ3) is 2.70. The van der Waals surface area contributed by atoms with Crippen molar-refractivity contribution in [3.63, 3.8) is 0 Å². The SMILES string of the molecule is Cc1cc(CS(=O)(=O)c2cccnc2)c(C)nn1. The molecule has 0 aromatic carbocycles.